The van der Waals surface area contributed by atoms with E-state index in [1.807, 2.05) is 57.2 Å². The molecule has 1 aliphatic heterocycles. The van der Waals surface area contributed by atoms with Crippen molar-refractivity contribution in [2.24, 2.45) is 0 Å². The van der Waals surface area contributed by atoms with Crippen LogP contribution < -0.4 is 9.62 Å². The minimum Gasteiger partial charge on any atom is -0.464 e. The standard InChI is InChI=1S/C23H24N2O4S/c1-15-13-18-7-4-5-10-21(18)25(15)30(27,28)20-9-6-8-19(14-20)23(26)24-17(3)22-12-11-16(2)29-22/h4-12,14-15,17H,13H2,1-3H3,(H,24,26). The summed E-state index contributed by atoms with van der Waals surface area (Å²) in [5.74, 6) is 1.05. The largest absolute Gasteiger partial charge is 0.464 e. The van der Waals surface area contributed by atoms with E-state index in [0.717, 1.165) is 11.3 Å². The van der Waals surface area contributed by atoms with Gasteiger partial charge in [0.2, 0.25) is 0 Å². The van der Waals surface area contributed by atoms with E-state index in [2.05, 4.69) is 5.32 Å². The summed E-state index contributed by atoms with van der Waals surface area (Å²) >= 11 is 0. The van der Waals surface area contributed by atoms with Crippen molar-refractivity contribution in [2.75, 3.05) is 4.31 Å². The maximum Gasteiger partial charge on any atom is 0.264 e. The number of rotatable bonds is 5. The topological polar surface area (TPSA) is 79.6 Å². The lowest BCUT2D eigenvalue weighted by molar-refractivity contribution is 0.0935. The van der Waals surface area contributed by atoms with Crippen molar-refractivity contribution in [3.05, 3.63) is 83.3 Å². The molecule has 1 N–H and O–H groups in total. The van der Waals surface area contributed by atoms with Crippen LogP contribution in [0.3, 0.4) is 0 Å². The number of sulfonamides is 1. The molecule has 0 bridgehead atoms. The molecular weight excluding hydrogens is 400 g/mol. The van der Waals surface area contributed by atoms with Crippen LogP contribution in [0.25, 0.3) is 0 Å². The lowest BCUT2D eigenvalue weighted by Gasteiger charge is -2.24. The van der Waals surface area contributed by atoms with Crippen LogP contribution in [0.4, 0.5) is 5.69 Å². The van der Waals surface area contributed by atoms with Crippen LogP contribution in [0.2, 0.25) is 0 Å². The maximum absolute atomic E-state index is 13.4. The zero-order valence-electron chi connectivity index (χ0n) is 17.1. The Hall–Kier alpha value is -3.06. The van der Waals surface area contributed by atoms with Crippen molar-refractivity contribution < 1.29 is 17.6 Å². The fraction of sp³-hybridized carbons (Fsp3) is 0.261. The number of hydrogen-bond donors (Lipinski definition) is 1. The van der Waals surface area contributed by atoms with E-state index in [4.69, 9.17) is 4.42 Å². The van der Waals surface area contributed by atoms with Crippen LogP contribution in [0.5, 0.6) is 0 Å². The smallest absolute Gasteiger partial charge is 0.264 e. The molecule has 2 aromatic carbocycles. The third-order valence-corrected chi connectivity index (χ3v) is 7.26. The first-order valence-corrected chi connectivity index (χ1v) is 11.3. The van der Waals surface area contributed by atoms with E-state index >= 15 is 0 Å². The Kier molecular flexibility index (Phi) is 5.15. The summed E-state index contributed by atoms with van der Waals surface area (Å²) in [4.78, 5) is 12.8. The lowest BCUT2D eigenvalue weighted by atomic mass is 10.1. The highest BCUT2D eigenvalue weighted by atomic mass is 32.2. The second-order valence-electron chi connectivity index (χ2n) is 7.65. The van der Waals surface area contributed by atoms with E-state index in [1.165, 1.54) is 16.4 Å². The number of carbonyl (C=O) groups excluding carboxylic acids is 1. The van der Waals surface area contributed by atoms with E-state index in [0.29, 0.717) is 17.9 Å². The van der Waals surface area contributed by atoms with Crippen molar-refractivity contribution in [1.82, 2.24) is 5.32 Å². The number of carbonyl (C=O) groups is 1. The average molecular weight is 425 g/mol. The molecule has 0 spiro atoms. The molecule has 0 radical (unpaired) electrons. The van der Waals surface area contributed by atoms with E-state index in [9.17, 15) is 13.2 Å². The van der Waals surface area contributed by atoms with E-state index in [-0.39, 0.29) is 28.4 Å². The molecule has 1 aromatic heterocycles. The highest BCUT2D eigenvalue weighted by molar-refractivity contribution is 7.92. The molecule has 2 atom stereocenters. The Morgan fingerprint density at radius 3 is 2.63 bits per heavy atom. The number of nitrogens with zero attached hydrogens (tertiary/aromatic N) is 1. The number of amides is 1. The molecule has 0 saturated carbocycles. The summed E-state index contributed by atoms with van der Waals surface area (Å²) in [6.07, 6.45) is 0.662. The number of benzene rings is 2. The van der Waals surface area contributed by atoms with Crippen molar-refractivity contribution in [3.8, 4) is 0 Å². The third-order valence-electron chi connectivity index (χ3n) is 5.33. The van der Waals surface area contributed by atoms with Crippen molar-refractivity contribution >= 4 is 21.6 Å². The predicted octanol–water partition coefficient (Wildman–Crippen LogP) is 4.22. The molecular formula is C23H24N2O4S. The molecule has 0 fully saturated rings. The Morgan fingerprint density at radius 1 is 1.13 bits per heavy atom. The van der Waals surface area contributed by atoms with Crippen LogP contribution in [0, 0.1) is 6.92 Å². The number of hydrogen-bond acceptors (Lipinski definition) is 4. The highest BCUT2D eigenvalue weighted by Gasteiger charge is 2.36. The molecule has 1 aliphatic rings. The second kappa shape index (κ2) is 7.65. The maximum atomic E-state index is 13.4. The molecule has 156 valence electrons. The lowest BCUT2D eigenvalue weighted by Crippen LogP contribution is -2.36. The van der Waals surface area contributed by atoms with E-state index in [1.54, 1.807) is 12.1 Å². The first-order valence-electron chi connectivity index (χ1n) is 9.87. The molecule has 2 unspecified atom stereocenters. The zero-order valence-corrected chi connectivity index (χ0v) is 17.9. The molecule has 0 aliphatic carbocycles. The molecule has 7 heteroatoms. The van der Waals surface area contributed by atoms with Gasteiger partial charge in [-0.1, -0.05) is 24.3 Å². The zero-order chi connectivity index (χ0) is 21.5. The van der Waals surface area contributed by atoms with Gasteiger partial charge in [0.1, 0.15) is 11.5 Å². The van der Waals surface area contributed by atoms with Crippen molar-refractivity contribution in [2.45, 2.75) is 44.2 Å². The van der Waals surface area contributed by atoms with E-state index < -0.39 is 10.0 Å². The number of furan rings is 1. The SMILES string of the molecule is Cc1ccc(C(C)NC(=O)c2cccc(S(=O)(=O)N3c4ccccc4CC3C)c2)o1. The van der Waals surface area contributed by atoms with Gasteiger partial charge in [0.25, 0.3) is 15.9 Å². The van der Waals surface area contributed by atoms with Gasteiger partial charge >= 0.3 is 0 Å². The van der Waals surface area contributed by atoms with Crippen molar-refractivity contribution in [3.63, 3.8) is 0 Å². The van der Waals surface area contributed by atoms with Crippen LogP contribution in [0.1, 0.15) is 47.3 Å². The van der Waals surface area contributed by atoms with Gasteiger partial charge in [0.05, 0.1) is 16.6 Å². The Bertz CT molecular complexity index is 1200. The molecule has 0 saturated heterocycles. The molecule has 2 heterocycles. The summed E-state index contributed by atoms with van der Waals surface area (Å²) in [5.41, 5.74) is 1.98. The van der Waals surface area contributed by atoms with Gasteiger partial charge in [0.15, 0.2) is 0 Å². The second-order valence-corrected chi connectivity index (χ2v) is 9.47. The summed E-state index contributed by atoms with van der Waals surface area (Å²) in [6, 6.07) is 16.8. The summed E-state index contributed by atoms with van der Waals surface area (Å²) in [6.45, 7) is 5.55. The van der Waals surface area contributed by atoms with Gasteiger partial charge in [-0.05, 0) is 69.2 Å². The van der Waals surface area contributed by atoms with Gasteiger partial charge in [0, 0.05) is 11.6 Å². The van der Waals surface area contributed by atoms with Crippen LogP contribution in [-0.4, -0.2) is 20.4 Å². The van der Waals surface area contributed by atoms with Crippen molar-refractivity contribution in [1.29, 1.82) is 0 Å². The highest BCUT2D eigenvalue weighted by Crippen LogP contribution is 2.36. The normalized spacial score (nSPS) is 16.9. The molecule has 4 rings (SSSR count). The predicted molar refractivity (Wildman–Crippen MR) is 115 cm³/mol. The first kappa shape index (κ1) is 20.2. The quantitative estimate of drug-likeness (QED) is 0.665. The fourth-order valence-electron chi connectivity index (χ4n) is 3.85. The molecule has 30 heavy (non-hydrogen) atoms. The number of para-hydroxylation sites is 1. The summed E-state index contributed by atoms with van der Waals surface area (Å²) in [7, 11) is -3.80. The average Bonchev–Trinajstić information content (AvgIpc) is 3.30. The minimum atomic E-state index is -3.80. The number of fused-ring (bicyclic) bond motifs is 1. The number of aryl methyl sites for hydroxylation is 1. The number of anilines is 1. The first-order chi connectivity index (χ1) is 14.3. The minimum absolute atomic E-state index is 0.0974. The number of nitrogens with one attached hydrogen (secondary N) is 1. The Balaban J connectivity index is 1.61. The van der Waals surface area contributed by atoms with Gasteiger partial charge < -0.3 is 9.73 Å². The monoisotopic (exact) mass is 424 g/mol. The summed E-state index contributed by atoms with van der Waals surface area (Å²) in [5, 5.41) is 2.86. The fourth-order valence-corrected chi connectivity index (χ4v) is 5.59. The van der Waals surface area contributed by atoms with Gasteiger partial charge in [-0.25, -0.2) is 8.42 Å². The molecule has 3 aromatic rings. The van der Waals surface area contributed by atoms with Gasteiger partial charge in [-0.2, -0.15) is 0 Å². The third kappa shape index (κ3) is 3.61. The van der Waals surface area contributed by atoms with Crippen LogP contribution in [-0.2, 0) is 16.4 Å². The van der Waals surface area contributed by atoms with Gasteiger partial charge in [-0.15, -0.1) is 0 Å². The summed E-state index contributed by atoms with van der Waals surface area (Å²) < 4.78 is 33.8. The molecule has 6 nitrogen and oxygen atoms in total. The molecule has 1 amide bonds. The van der Waals surface area contributed by atoms with Crippen LogP contribution in [0.15, 0.2) is 70.0 Å². The van der Waals surface area contributed by atoms with Gasteiger partial charge in [-0.3, -0.25) is 9.10 Å². The Labute approximate surface area is 176 Å². The Morgan fingerprint density at radius 2 is 1.90 bits per heavy atom. The van der Waals surface area contributed by atoms with Crippen LogP contribution >= 0.6 is 0 Å².